The van der Waals surface area contributed by atoms with E-state index in [9.17, 15) is 4.79 Å². The summed E-state index contributed by atoms with van der Waals surface area (Å²) < 4.78 is 8.54. The van der Waals surface area contributed by atoms with E-state index in [-0.39, 0.29) is 11.8 Å². The summed E-state index contributed by atoms with van der Waals surface area (Å²) in [4.78, 5) is 16.4. The fourth-order valence-corrected chi connectivity index (χ4v) is 2.31. The third kappa shape index (κ3) is 2.31. The second kappa shape index (κ2) is 4.97. The first-order valence-electron chi connectivity index (χ1n) is 6.42. The number of rotatable bonds is 3. The lowest BCUT2D eigenvalue weighted by molar-refractivity contribution is 0.0929. The Morgan fingerprint density at radius 1 is 1.47 bits per heavy atom. The molecule has 0 N–H and O–H groups in total. The van der Waals surface area contributed by atoms with Crippen LogP contribution in [-0.2, 0) is 18.3 Å². The van der Waals surface area contributed by atoms with Crippen molar-refractivity contribution in [3.05, 3.63) is 34.9 Å². The molecule has 6 heteroatoms. The molecule has 3 heterocycles. The predicted molar refractivity (Wildman–Crippen MR) is 69.7 cm³/mol. The minimum atomic E-state index is -0.129. The van der Waals surface area contributed by atoms with Crippen molar-refractivity contribution < 1.29 is 4.74 Å². The van der Waals surface area contributed by atoms with E-state index in [1.165, 1.54) is 9.25 Å². The van der Waals surface area contributed by atoms with Gasteiger partial charge in [0, 0.05) is 19.9 Å². The second-order valence-corrected chi connectivity index (χ2v) is 4.70. The lowest BCUT2D eigenvalue weighted by Gasteiger charge is -2.07. The lowest BCUT2D eigenvalue weighted by Crippen LogP contribution is -2.28. The smallest absolute Gasteiger partial charge is 0.346 e. The van der Waals surface area contributed by atoms with Gasteiger partial charge in [0.15, 0.2) is 5.82 Å². The van der Waals surface area contributed by atoms with E-state index in [2.05, 4.69) is 10.1 Å². The van der Waals surface area contributed by atoms with Gasteiger partial charge in [-0.3, -0.25) is 9.55 Å². The number of pyridine rings is 1. The summed E-state index contributed by atoms with van der Waals surface area (Å²) in [6, 6.07) is 5.56. The molecule has 0 spiro atoms. The molecule has 1 aliphatic rings. The molecule has 0 bridgehead atoms. The van der Waals surface area contributed by atoms with Gasteiger partial charge in [0.2, 0.25) is 0 Å². The standard InChI is InChI=1S/C13H16N4O2/c1-16-12(11-6-2-3-7-14-11)15-17(13(16)18)9-10-5-4-8-19-10/h2-3,6-7,10H,4-5,8-9H2,1H3. The van der Waals surface area contributed by atoms with Gasteiger partial charge in [-0.2, -0.15) is 0 Å². The molecule has 1 aliphatic heterocycles. The molecule has 1 fully saturated rings. The summed E-state index contributed by atoms with van der Waals surface area (Å²) in [5.74, 6) is 0.587. The van der Waals surface area contributed by atoms with Crippen LogP contribution in [0.2, 0.25) is 0 Å². The highest BCUT2D eigenvalue weighted by molar-refractivity contribution is 5.48. The average molecular weight is 260 g/mol. The molecule has 2 aromatic heterocycles. The van der Waals surface area contributed by atoms with E-state index in [4.69, 9.17) is 4.74 Å². The molecule has 0 saturated carbocycles. The van der Waals surface area contributed by atoms with Crippen LogP contribution in [0, 0.1) is 0 Å². The first-order chi connectivity index (χ1) is 9.25. The summed E-state index contributed by atoms with van der Waals surface area (Å²) >= 11 is 0. The average Bonchev–Trinajstić information content (AvgIpc) is 3.04. The molecule has 100 valence electrons. The number of aromatic nitrogens is 4. The SMILES string of the molecule is Cn1c(-c2ccccn2)nn(CC2CCCO2)c1=O. The van der Waals surface area contributed by atoms with Gasteiger partial charge in [-0.15, -0.1) is 5.10 Å². The molecule has 1 saturated heterocycles. The maximum absolute atomic E-state index is 12.1. The zero-order valence-electron chi connectivity index (χ0n) is 10.8. The minimum absolute atomic E-state index is 0.101. The Hall–Kier alpha value is -1.95. The Kier molecular flexibility index (Phi) is 3.16. The van der Waals surface area contributed by atoms with Gasteiger partial charge >= 0.3 is 5.69 Å². The van der Waals surface area contributed by atoms with Gasteiger partial charge < -0.3 is 4.74 Å². The fraction of sp³-hybridized carbons (Fsp3) is 0.462. The van der Waals surface area contributed by atoms with Crippen LogP contribution >= 0.6 is 0 Å². The van der Waals surface area contributed by atoms with E-state index < -0.39 is 0 Å². The van der Waals surface area contributed by atoms with Gasteiger partial charge in [-0.25, -0.2) is 9.48 Å². The number of nitrogens with zero attached hydrogens (tertiary/aromatic N) is 4. The molecular formula is C13H16N4O2. The third-order valence-electron chi connectivity index (χ3n) is 3.34. The quantitative estimate of drug-likeness (QED) is 0.819. The van der Waals surface area contributed by atoms with Crippen molar-refractivity contribution in [2.24, 2.45) is 7.05 Å². The fourth-order valence-electron chi connectivity index (χ4n) is 2.31. The zero-order valence-corrected chi connectivity index (χ0v) is 10.8. The molecule has 2 aromatic rings. The zero-order chi connectivity index (χ0) is 13.2. The van der Waals surface area contributed by atoms with Gasteiger partial charge in [0.05, 0.1) is 12.6 Å². The Bertz CT molecular complexity index is 611. The van der Waals surface area contributed by atoms with Gasteiger partial charge in [-0.05, 0) is 25.0 Å². The van der Waals surface area contributed by atoms with Crippen molar-refractivity contribution in [3.63, 3.8) is 0 Å². The monoisotopic (exact) mass is 260 g/mol. The molecule has 0 aromatic carbocycles. The molecule has 19 heavy (non-hydrogen) atoms. The highest BCUT2D eigenvalue weighted by Crippen LogP contribution is 2.14. The van der Waals surface area contributed by atoms with Crippen LogP contribution in [0.4, 0.5) is 0 Å². The highest BCUT2D eigenvalue weighted by atomic mass is 16.5. The van der Waals surface area contributed by atoms with Crippen LogP contribution in [0.1, 0.15) is 12.8 Å². The normalized spacial score (nSPS) is 18.9. The highest BCUT2D eigenvalue weighted by Gasteiger charge is 2.20. The summed E-state index contributed by atoms with van der Waals surface area (Å²) in [6.07, 6.45) is 3.84. The molecule has 0 aliphatic carbocycles. The molecule has 1 atom stereocenters. The van der Waals surface area contributed by atoms with Crippen LogP contribution in [0.3, 0.4) is 0 Å². The maximum atomic E-state index is 12.1. The van der Waals surface area contributed by atoms with Crippen LogP contribution in [0.25, 0.3) is 11.5 Å². The van der Waals surface area contributed by atoms with E-state index in [1.807, 2.05) is 18.2 Å². The largest absolute Gasteiger partial charge is 0.376 e. The van der Waals surface area contributed by atoms with Gasteiger partial charge in [0.25, 0.3) is 0 Å². The van der Waals surface area contributed by atoms with Crippen molar-refractivity contribution in [3.8, 4) is 11.5 Å². The summed E-state index contributed by atoms with van der Waals surface area (Å²) in [7, 11) is 1.71. The van der Waals surface area contributed by atoms with Crippen molar-refractivity contribution in [2.75, 3.05) is 6.61 Å². The first-order valence-corrected chi connectivity index (χ1v) is 6.42. The Balaban J connectivity index is 1.93. The minimum Gasteiger partial charge on any atom is -0.376 e. The van der Waals surface area contributed by atoms with Crippen molar-refractivity contribution in [2.45, 2.75) is 25.5 Å². The van der Waals surface area contributed by atoms with E-state index in [0.29, 0.717) is 18.1 Å². The van der Waals surface area contributed by atoms with E-state index in [1.54, 1.807) is 13.2 Å². The van der Waals surface area contributed by atoms with E-state index >= 15 is 0 Å². The Labute approximate surface area is 110 Å². The maximum Gasteiger partial charge on any atom is 0.346 e. The summed E-state index contributed by atoms with van der Waals surface area (Å²) in [6.45, 7) is 1.29. The van der Waals surface area contributed by atoms with E-state index in [0.717, 1.165) is 19.4 Å². The topological polar surface area (TPSA) is 61.9 Å². The number of ether oxygens (including phenoxy) is 1. The molecule has 0 radical (unpaired) electrons. The summed E-state index contributed by atoms with van der Waals surface area (Å²) in [5.41, 5.74) is 0.573. The van der Waals surface area contributed by atoms with Gasteiger partial charge in [-0.1, -0.05) is 6.07 Å². The molecule has 3 rings (SSSR count). The van der Waals surface area contributed by atoms with Crippen molar-refractivity contribution in [1.29, 1.82) is 0 Å². The van der Waals surface area contributed by atoms with Crippen molar-refractivity contribution in [1.82, 2.24) is 19.3 Å². The molecule has 1 unspecified atom stereocenters. The Morgan fingerprint density at radius 3 is 3.05 bits per heavy atom. The first kappa shape index (κ1) is 12.1. The van der Waals surface area contributed by atoms with Crippen LogP contribution in [0.5, 0.6) is 0 Å². The summed E-state index contributed by atoms with van der Waals surface area (Å²) in [5, 5.41) is 4.37. The third-order valence-corrected chi connectivity index (χ3v) is 3.34. The Morgan fingerprint density at radius 2 is 2.37 bits per heavy atom. The molecule has 6 nitrogen and oxygen atoms in total. The van der Waals surface area contributed by atoms with Crippen LogP contribution in [0.15, 0.2) is 29.2 Å². The van der Waals surface area contributed by atoms with Gasteiger partial charge in [0.1, 0.15) is 5.69 Å². The number of hydrogen-bond acceptors (Lipinski definition) is 4. The molecular weight excluding hydrogens is 244 g/mol. The van der Waals surface area contributed by atoms with Crippen molar-refractivity contribution >= 4 is 0 Å². The predicted octanol–water partition coefficient (Wildman–Crippen LogP) is 0.823. The number of hydrogen-bond donors (Lipinski definition) is 0. The second-order valence-electron chi connectivity index (χ2n) is 4.70. The molecule has 0 amide bonds. The van der Waals surface area contributed by atoms with Crippen LogP contribution in [-0.4, -0.2) is 32.0 Å². The lowest BCUT2D eigenvalue weighted by atomic mass is 10.2. The van der Waals surface area contributed by atoms with Crippen LogP contribution < -0.4 is 5.69 Å².